The Morgan fingerprint density at radius 1 is 1.27 bits per heavy atom. The zero-order chi connectivity index (χ0) is 18.7. The Labute approximate surface area is 150 Å². The van der Waals surface area contributed by atoms with Crippen molar-refractivity contribution in [2.24, 2.45) is 5.73 Å². The first-order valence-corrected chi connectivity index (χ1v) is 8.18. The van der Waals surface area contributed by atoms with E-state index in [1.807, 2.05) is 48.0 Å². The van der Waals surface area contributed by atoms with E-state index in [0.29, 0.717) is 5.69 Å². The third-order valence-corrected chi connectivity index (χ3v) is 3.89. The van der Waals surface area contributed by atoms with Crippen molar-refractivity contribution in [2.45, 2.75) is 19.9 Å². The zero-order valence-corrected chi connectivity index (χ0v) is 14.6. The Morgan fingerprint density at radius 3 is 2.81 bits per heavy atom. The minimum absolute atomic E-state index is 0.162. The van der Waals surface area contributed by atoms with Gasteiger partial charge in [-0.3, -0.25) is 9.59 Å². The number of anilines is 1. The monoisotopic (exact) mass is 352 g/mol. The smallest absolute Gasteiger partial charge is 0.302 e. The van der Waals surface area contributed by atoms with E-state index >= 15 is 0 Å². The molecule has 7 nitrogen and oxygen atoms in total. The van der Waals surface area contributed by atoms with Gasteiger partial charge in [-0.25, -0.2) is 4.68 Å². The van der Waals surface area contributed by atoms with Gasteiger partial charge in [-0.05, 0) is 42.8 Å². The molecule has 0 saturated heterocycles. The summed E-state index contributed by atoms with van der Waals surface area (Å²) in [5.74, 6) is -0.899. The highest BCUT2D eigenvalue weighted by Gasteiger charge is 2.16. The number of aryl methyl sites for hydroxylation is 1. The lowest BCUT2D eigenvalue weighted by molar-refractivity contribution is -0.142. The fraction of sp³-hybridized carbons (Fsp3) is 0.211. The van der Waals surface area contributed by atoms with Crippen molar-refractivity contribution in [1.29, 1.82) is 0 Å². The normalized spacial score (nSPS) is 12.0. The summed E-state index contributed by atoms with van der Waals surface area (Å²) >= 11 is 0. The van der Waals surface area contributed by atoms with Gasteiger partial charge in [0.1, 0.15) is 12.6 Å². The summed E-state index contributed by atoms with van der Waals surface area (Å²) in [7, 11) is 0. The van der Waals surface area contributed by atoms with Gasteiger partial charge in [0.25, 0.3) is 0 Å². The minimum Gasteiger partial charge on any atom is -0.464 e. The number of nitrogens with two attached hydrogens (primary N) is 1. The van der Waals surface area contributed by atoms with Gasteiger partial charge in [-0.15, -0.1) is 0 Å². The molecule has 0 aliphatic rings. The summed E-state index contributed by atoms with van der Waals surface area (Å²) in [5.41, 5.74) is 9.26. The maximum atomic E-state index is 12.1. The largest absolute Gasteiger partial charge is 0.464 e. The predicted octanol–water partition coefficient (Wildman–Crippen LogP) is 2.16. The molecule has 134 valence electrons. The molecule has 0 aliphatic carbocycles. The molecule has 26 heavy (non-hydrogen) atoms. The van der Waals surface area contributed by atoms with E-state index in [4.69, 9.17) is 10.5 Å². The molecular weight excluding hydrogens is 332 g/mol. The Morgan fingerprint density at radius 2 is 2.08 bits per heavy atom. The molecule has 0 aliphatic heterocycles. The van der Waals surface area contributed by atoms with Crippen molar-refractivity contribution in [3.05, 3.63) is 54.2 Å². The molecule has 3 N–H and O–H groups in total. The molecule has 3 rings (SSSR count). The molecule has 0 radical (unpaired) electrons. The van der Waals surface area contributed by atoms with E-state index in [0.717, 1.165) is 22.2 Å². The number of nitrogens with one attached hydrogen (secondary N) is 1. The molecule has 0 bridgehead atoms. The van der Waals surface area contributed by atoms with Crippen molar-refractivity contribution in [2.75, 3.05) is 11.9 Å². The van der Waals surface area contributed by atoms with Gasteiger partial charge in [-0.2, -0.15) is 5.10 Å². The van der Waals surface area contributed by atoms with Crippen LogP contribution in [0.5, 0.6) is 0 Å². The summed E-state index contributed by atoms with van der Waals surface area (Å²) in [5, 5.41) is 8.13. The fourth-order valence-corrected chi connectivity index (χ4v) is 2.58. The second-order valence-electron chi connectivity index (χ2n) is 6.07. The number of nitrogens with zero attached hydrogens (tertiary/aromatic N) is 2. The summed E-state index contributed by atoms with van der Waals surface area (Å²) in [6, 6.07) is 12.6. The van der Waals surface area contributed by atoms with E-state index in [-0.39, 0.29) is 6.61 Å². The van der Waals surface area contributed by atoms with Gasteiger partial charge < -0.3 is 15.8 Å². The van der Waals surface area contributed by atoms with E-state index in [1.165, 1.54) is 6.92 Å². The van der Waals surface area contributed by atoms with Crippen LogP contribution in [-0.2, 0) is 14.3 Å². The second kappa shape index (κ2) is 7.37. The molecular formula is C19H20N4O3. The van der Waals surface area contributed by atoms with Crippen LogP contribution in [0.1, 0.15) is 12.5 Å². The lowest BCUT2D eigenvalue weighted by atomic mass is 10.2. The minimum atomic E-state index is -0.934. The predicted molar refractivity (Wildman–Crippen MR) is 99.0 cm³/mol. The zero-order valence-electron chi connectivity index (χ0n) is 14.6. The van der Waals surface area contributed by atoms with Gasteiger partial charge in [0.15, 0.2) is 0 Å². The highest BCUT2D eigenvalue weighted by atomic mass is 16.5. The lowest BCUT2D eigenvalue weighted by Crippen LogP contribution is -2.39. The molecule has 1 amide bonds. The van der Waals surface area contributed by atoms with Crippen LogP contribution in [0.2, 0.25) is 0 Å². The molecule has 0 spiro atoms. The molecule has 7 heteroatoms. The van der Waals surface area contributed by atoms with Crippen molar-refractivity contribution < 1.29 is 14.3 Å². The summed E-state index contributed by atoms with van der Waals surface area (Å²) in [4.78, 5) is 23.0. The standard InChI is InChI=1S/C19H20N4O3/c1-12-4-3-5-16(8-12)23-18-9-15(7-6-14(18)10-21-23)22-19(25)17(20)11-26-13(2)24/h3-10,17H,11,20H2,1-2H3,(H,22,25)/t17-/m0/s1. The fourth-order valence-electron chi connectivity index (χ4n) is 2.58. The molecule has 0 unspecified atom stereocenters. The number of hydrogen-bond donors (Lipinski definition) is 2. The van der Waals surface area contributed by atoms with Crippen LogP contribution in [0, 0.1) is 6.92 Å². The Bertz CT molecular complexity index is 964. The molecule has 1 heterocycles. The van der Waals surface area contributed by atoms with Gasteiger partial charge in [0.05, 0.1) is 17.4 Å². The maximum absolute atomic E-state index is 12.1. The van der Waals surface area contributed by atoms with Crippen molar-refractivity contribution in [1.82, 2.24) is 9.78 Å². The summed E-state index contributed by atoms with van der Waals surface area (Å²) in [6.07, 6.45) is 1.77. The van der Waals surface area contributed by atoms with E-state index in [2.05, 4.69) is 10.4 Å². The Hall–Kier alpha value is -3.19. The molecule has 1 aromatic heterocycles. The van der Waals surface area contributed by atoms with Crippen LogP contribution >= 0.6 is 0 Å². The first-order valence-electron chi connectivity index (χ1n) is 8.18. The van der Waals surface area contributed by atoms with Crippen LogP contribution in [0.3, 0.4) is 0 Å². The first-order chi connectivity index (χ1) is 12.4. The molecule has 0 fully saturated rings. The molecule has 0 saturated carbocycles. The molecule has 2 aromatic carbocycles. The first kappa shape index (κ1) is 17.6. The van der Waals surface area contributed by atoms with Crippen molar-refractivity contribution in [3.63, 3.8) is 0 Å². The highest BCUT2D eigenvalue weighted by molar-refractivity contribution is 5.97. The number of ether oxygens (including phenoxy) is 1. The average Bonchev–Trinajstić information content (AvgIpc) is 3.02. The second-order valence-corrected chi connectivity index (χ2v) is 6.07. The van der Waals surface area contributed by atoms with E-state index in [9.17, 15) is 9.59 Å². The van der Waals surface area contributed by atoms with Crippen LogP contribution in [0.4, 0.5) is 5.69 Å². The van der Waals surface area contributed by atoms with Gasteiger partial charge in [0.2, 0.25) is 5.91 Å². The van der Waals surface area contributed by atoms with E-state index in [1.54, 1.807) is 12.3 Å². The van der Waals surface area contributed by atoms with Gasteiger partial charge in [-0.1, -0.05) is 12.1 Å². The topological polar surface area (TPSA) is 99.2 Å². The SMILES string of the molecule is CC(=O)OC[C@H](N)C(=O)Nc1ccc2cnn(-c3cccc(C)c3)c2c1. The van der Waals surface area contributed by atoms with Gasteiger partial charge in [0, 0.05) is 18.0 Å². The third-order valence-electron chi connectivity index (χ3n) is 3.89. The van der Waals surface area contributed by atoms with Gasteiger partial charge >= 0.3 is 5.97 Å². The van der Waals surface area contributed by atoms with Crippen LogP contribution < -0.4 is 11.1 Å². The number of rotatable bonds is 5. The number of fused-ring (bicyclic) bond motifs is 1. The number of carbonyl (C=O) groups is 2. The van der Waals surface area contributed by atoms with E-state index < -0.39 is 17.9 Å². The van der Waals surface area contributed by atoms with Crippen LogP contribution in [0.15, 0.2) is 48.7 Å². The molecule has 3 aromatic rings. The number of esters is 1. The average molecular weight is 352 g/mol. The van der Waals surface area contributed by atoms with Crippen LogP contribution in [-0.4, -0.2) is 34.3 Å². The van der Waals surface area contributed by atoms with Crippen LogP contribution in [0.25, 0.3) is 16.6 Å². The number of hydrogen-bond acceptors (Lipinski definition) is 5. The number of aromatic nitrogens is 2. The Balaban J connectivity index is 1.83. The number of carbonyl (C=O) groups excluding carboxylic acids is 2. The summed E-state index contributed by atoms with van der Waals surface area (Å²) < 4.78 is 6.59. The molecule has 1 atom stereocenters. The number of amides is 1. The maximum Gasteiger partial charge on any atom is 0.302 e. The Kier molecular flexibility index (Phi) is 4.99. The third kappa shape index (κ3) is 3.89. The lowest BCUT2D eigenvalue weighted by Gasteiger charge is -2.12. The van der Waals surface area contributed by atoms with Crippen molar-refractivity contribution in [3.8, 4) is 5.69 Å². The summed E-state index contributed by atoms with van der Waals surface area (Å²) in [6.45, 7) is 3.13. The van der Waals surface area contributed by atoms with Crippen molar-refractivity contribution >= 4 is 28.5 Å². The number of benzene rings is 2. The quantitative estimate of drug-likeness (QED) is 0.686. The highest BCUT2D eigenvalue weighted by Crippen LogP contribution is 2.22.